The molecule has 0 aromatic heterocycles. The van der Waals surface area contributed by atoms with E-state index in [1.807, 2.05) is 0 Å². The third kappa shape index (κ3) is 393. The average molecular weight is 296 g/mol. The van der Waals surface area contributed by atoms with Crippen LogP contribution >= 0.6 is 0 Å². The van der Waals surface area contributed by atoms with Gasteiger partial charge in [0.1, 0.15) is 0 Å². The van der Waals surface area contributed by atoms with Crippen LogP contribution in [0.1, 0.15) is 0 Å². The molecule has 0 bridgehead atoms. The van der Waals surface area contributed by atoms with Gasteiger partial charge in [0.25, 0.3) is 0 Å². The van der Waals surface area contributed by atoms with Gasteiger partial charge in [-0.15, -0.1) is 0 Å². The van der Waals surface area contributed by atoms with Gasteiger partial charge < -0.3 is 13.7 Å². The van der Waals surface area contributed by atoms with E-state index in [1.165, 1.54) is 0 Å². The summed E-state index contributed by atoms with van der Waals surface area (Å²) in [5, 5.41) is 0. The van der Waals surface area contributed by atoms with E-state index in [1.54, 1.807) is 0 Å². The van der Waals surface area contributed by atoms with Gasteiger partial charge in [0.2, 0.25) is 10.4 Å². The predicted octanol–water partition coefficient (Wildman–Crippen LogP) is -5.33. The summed E-state index contributed by atoms with van der Waals surface area (Å²) in [7, 11) is -10.1. The Hall–Kier alpha value is 1.90. The Kier molecular flexibility index (Phi) is 18.6. The molecule has 0 rings (SSSR count). The Balaban J connectivity index is -0.0000000457. The molecule has 1 radical (unpaired) electrons. The first kappa shape index (κ1) is 23.6. The number of hydrogen-bond donors (Lipinski definition) is 1. The van der Waals surface area contributed by atoms with Crippen LogP contribution in [0.4, 0.5) is 0 Å². The van der Waals surface area contributed by atoms with Crippen molar-refractivity contribution in [3.8, 4) is 0 Å². The fourth-order valence-corrected chi connectivity index (χ4v) is 0. The molecule has 0 aliphatic rings. The van der Waals surface area contributed by atoms with Gasteiger partial charge in [-0.2, -0.15) is 0 Å². The third-order valence-corrected chi connectivity index (χ3v) is 0. The molecule has 0 saturated heterocycles. The molecule has 0 amide bonds. The zero-order chi connectivity index (χ0) is 9.00. The summed E-state index contributed by atoms with van der Waals surface area (Å²) in [5.41, 5.74) is 0. The normalized spacial score (nSPS) is 9.67. The second-order valence-electron chi connectivity index (χ2n) is 0.836. The molecule has 1 N–H and O–H groups in total. The summed E-state index contributed by atoms with van der Waals surface area (Å²) in [6.45, 7) is 0. The summed E-state index contributed by atoms with van der Waals surface area (Å²) < 4.78 is 66.9. The minimum absolute atomic E-state index is 0. The summed E-state index contributed by atoms with van der Waals surface area (Å²) >= 11 is 0. The Morgan fingerprint density at radius 2 is 0.917 bits per heavy atom. The largest absolute Gasteiger partial charge is 2.00 e. The average Bonchev–Trinajstić information content (AvgIpc) is 1.12. The van der Waals surface area contributed by atoms with Crippen molar-refractivity contribution in [3.05, 3.63) is 0 Å². The van der Waals surface area contributed by atoms with E-state index in [-0.39, 0.29) is 68.5 Å². The minimum Gasteiger partial charge on any atom is -0.759 e. The SMILES string of the molecule is O=S(=O)([O-])O.O=S(=O)([O-])[O-].[Cu+2].[K+]. The molecule has 12 heteroatoms. The molecule has 0 aliphatic heterocycles. The van der Waals surface area contributed by atoms with Gasteiger partial charge in [0.15, 0.2) is 0 Å². The van der Waals surface area contributed by atoms with Crippen LogP contribution in [-0.2, 0) is 37.9 Å². The monoisotopic (exact) mass is 295 g/mol. The van der Waals surface area contributed by atoms with Crippen molar-refractivity contribution in [2.24, 2.45) is 0 Å². The Morgan fingerprint density at radius 3 is 0.917 bits per heavy atom. The Bertz CT molecular complexity index is 213. The van der Waals surface area contributed by atoms with Crippen molar-refractivity contribution >= 4 is 20.8 Å². The van der Waals surface area contributed by atoms with Crippen molar-refractivity contribution in [1.82, 2.24) is 0 Å². The number of hydrogen-bond acceptors (Lipinski definition) is 7. The molecule has 0 aliphatic carbocycles. The molecule has 0 aromatic rings. The maximum absolute atomic E-state index is 8.63. The predicted molar refractivity (Wildman–Crippen MR) is 22.8 cm³/mol. The topological polar surface area (TPSA) is 158 Å². The van der Waals surface area contributed by atoms with Crippen molar-refractivity contribution in [2.75, 3.05) is 0 Å². The van der Waals surface area contributed by atoms with E-state index in [2.05, 4.69) is 0 Å². The zero-order valence-corrected chi connectivity index (χ0v) is 11.1. The summed E-state index contributed by atoms with van der Waals surface area (Å²) in [6.07, 6.45) is 0. The van der Waals surface area contributed by atoms with Gasteiger partial charge in [0.05, 0.1) is 0 Å². The molecule has 8 nitrogen and oxygen atoms in total. The second-order valence-corrected chi connectivity index (χ2v) is 2.51. The van der Waals surface area contributed by atoms with E-state index in [4.69, 9.17) is 35.0 Å². The molecule has 0 aromatic carbocycles. The van der Waals surface area contributed by atoms with E-state index < -0.39 is 20.8 Å². The van der Waals surface area contributed by atoms with Crippen LogP contribution in [-0.4, -0.2) is 35.0 Å². The molecule has 0 saturated carbocycles. The van der Waals surface area contributed by atoms with Gasteiger partial charge in [-0.25, -0.2) is 8.42 Å². The van der Waals surface area contributed by atoms with Gasteiger partial charge in [-0.3, -0.25) is 13.0 Å². The maximum atomic E-state index is 8.63. The quantitative estimate of drug-likeness (QED) is 0.263. The van der Waals surface area contributed by atoms with Gasteiger partial charge >= 0.3 is 68.5 Å². The summed E-state index contributed by atoms with van der Waals surface area (Å²) in [6, 6.07) is 0. The van der Waals surface area contributed by atoms with Crippen molar-refractivity contribution < 1.29 is 103 Å². The molecule has 73 valence electrons. The summed E-state index contributed by atoms with van der Waals surface area (Å²) in [5.74, 6) is 0. The minimum atomic E-state index is -5.17. The van der Waals surface area contributed by atoms with Crippen LogP contribution in [0.5, 0.6) is 0 Å². The Labute approximate surface area is 122 Å². The standard InChI is InChI=1S/Cu.K.2H2O4S/c;;2*1-5(2,3)4/h;;2*(H2,1,2,3,4)/q+2;+1;;/p-3. The molecular formula is HCuKO8S2. The van der Waals surface area contributed by atoms with E-state index in [9.17, 15) is 0 Å². The van der Waals surface area contributed by atoms with Gasteiger partial charge in [-0.1, -0.05) is 0 Å². The van der Waals surface area contributed by atoms with E-state index in [0.29, 0.717) is 0 Å². The van der Waals surface area contributed by atoms with E-state index >= 15 is 0 Å². The molecular weight excluding hydrogens is 295 g/mol. The zero-order valence-electron chi connectivity index (χ0n) is 5.42. The van der Waals surface area contributed by atoms with Gasteiger partial charge in [0, 0.05) is 10.4 Å². The fourth-order valence-electron chi connectivity index (χ4n) is 0. The van der Waals surface area contributed by atoms with E-state index in [0.717, 1.165) is 0 Å². The summed E-state index contributed by atoms with van der Waals surface area (Å²) in [4.78, 5) is 0. The first-order valence-corrected chi connectivity index (χ1v) is 4.05. The van der Waals surface area contributed by atoms with Crippen molar-refractivity contribution in [2.45, 2.75) is 0 Å². The second kappa shape index (κ2) is 9.45. The molecule has 0 fully saturated rings. The first-order chi connectivity index (χ1) is 4.00. The van der Waals surface area contributed by atoms with Crippen LogP contribution in [0.3, 0.4) is 0 Å². The first-order valence-electron chi connectivity index (χ1n) is 1.35. The van der Waals surface area contributed by atoms with Crippen LogP contribution in [0.2, 0.25) is 0 Å². The smallest absolute Gasteiger partial charge is 0.759 e. The van der Waals surface area contributed by atoms with Crippen molar-refractivity contribution in [3.63, 3.8) is 0 Å². The maximum Gasteiger partial charge on any atom is 2.00 e. The third-order valence-electron chi connectivity index (χ3n) is 0. The van der Waals surface area contributed by atoms with Crippen LogP contribution in [0, 0.1) is 0 Å². The van der Waals surface area contributed by atoms with Crippen LogP contribution < -0.4 is 51.4 Å². The van der Waals surface area contributed by atoms with Gasteiger partial charge in [-0.05, 0) is 0 Å². The molecule has 0 atom stereocenters. The molecule has 0 heterocycles. The van der Waals surface area contributed by atoms with Crippen molar-refractivity contribution in [1.29, 1.82) is 0 Å². The number of rotatable bonds is 0. The van der Waals surface area contributed by atoms with Crippen LogP contribution in [0.15, 0.2) is 0 Å². The molecule has 0 unspecified atom stereocenters. The molecule has 0 spiro atoms. The fraction of sp³-hybridized carbons (Fsp3) is 0. The Morgan fingerprint density at radius 1 is 0.917 bits per heavy atom. The van der Waals surface area contributed by atoms with Crippen LogP contribution in [0.25, 0.3) is 0 Å². The molecule has 12 heavy (non-hydrogen) atoms.